The van der Waals surface area contributed by atoms with Crippen molar-refractivity contribution < 1.29 is 0 Å². The minimum absolute atomic E-state index is 0.636. The number of rotatable bonds is 3. The van der Waals surface area contributed by atoms with Crippen molar-refractivity contribution >= 4 is 5.69 Å². The topological polar surface area (TPSA) is 29.3 Å². The number of nitrogens with zero attached hydrogens (tertiary/aromatic N) is 1. The number of hydrogen-bond donors (Lipinski definition) is 1. The standard InChI is InChI=1S/C13H20N2/c1-15(12-7-3-2-4-8-12)13-9-5-6-11(13)10-14/h2-4,7-8,11,13H,5-6,9-10,14H2,1H3. The Balaban J connectivity index is 2.10. The van der Waals surface area contributed by atoms with Crippen molar-refractivity contribution in [1.29, 1.82) is 0 Å². The van der Waals surface area contributed by atoms with Gasteiger partial charge in [-0.1, -0.05) is 24.6 Å². The maximum atomic E-state index is 5.81. The molecule has 2 heteroatoms. The zero-order chi connectivity index (χ0) is 10.7. The molecule has 0 radical (unpaired) electrons. The SMILES string of the molecule is CN(c1ccccc1)C1CCCC1CN. The number of nitrogens with two attached hydrogens (primary N) is 1. The molecule has 2 atom stereocenters. The number of para-hydroxylation sites is 1. The Bertz CT molecular complexity index is 297. The molecule has 1 aliphatic rings. The van der Waals surface area contributed by atoms with Gasteiger partial charge in [-0.3, -0.25) is 0 Å². The number of hydrogen-bond acceptors (Lipinski definition) is 2. The van der Waals surface area contributed by atoms with Gasteiger partial charge in [-0.15, -0.1) is 0 Å². The molecule has 0 heterocycles. The van der Waals surface area contributed by atoms with Crippen molar-refractivity contribution in [1.82, 2.24) is 0 Å². The lowest BCUT2D eigenvalue weighted by atomic mass is 10.0. The van der Waals surface area contributed by atoms with Crippen LogP contribution in [0.1, 0.15) is 19.3 Å². The first-order valence-electron chi connectivity index (χ1n) is 5.81. The quantitative estimate of drug-likeness (QED) is 0.818. The molecule has 1 aliphatic carbocycles. The molecule has 2 N–H and O–H groups in total. The van der Waals surface area contributed by atoms with Crippen LogP contribution in [0.25, 0.3) is 0 Å². The third-order valence-corrected chi connectivity index (χ3v) is 3.58. The molecule has 0 amide bonds. The minimum atomic E-state index is 0.636. The average Bonchev–Trinajstić information content (AvgIpc) is 2.77. The zero-order valence-electron chi connectivity index (χ0n) is 9.39. The van der Waals surface area contributed by atoms with Crippen molar-refractivity contribution in [2.75, 3.05) is 18.5 Å². The summed E-state index contributed by atoms with van der Waals surface area (Å²) in [6, 6.07) is 11.2. The van der Waals surface area contributed by atoms with Gasteiger partial charge in [0.25, 0.3) is 0 Å². The monoisotopic (exact) mass is 204 g/mol. The van der Waals surface area contributed by atoms with E-state index in [9.17, 15) is 0 Å². The van der Waals surface area contributed by atoms with Crippen LogP contribution < -0.4 is 10.6 Å². The van der Waals surface area contributed by atoms with E-state index >= 15 is 0 Å². The molecule has 2 rings (SSSR count). The summed E-state index contributed by atoms with van der Waals surface area (Å²) in [5.74, 6) is 0.676. The molecular formula is C13H20N2. The molecule has 0 aliphatic heterocycles. The first-order chi connectivity index (χ1) is 7.33. The highest BCUT2D eigenvalue weighted by Gasteiger charge is 2.29. The van der Waals surface area contributed by atoms with Gasteiger partial charge in [0.15, 0.2) is 0 Å². The second kappa shape index (κ2) is 4.67. The maximum absolute atomic E-state index is 5.81. The van der Waals surface area contributed by atoms with Gasteiger partial charge in [-0.25, -0.2) is 0 Å². The molecule has 1 saturated carbocycles. The van der Waals surface area contributed by atoms with Crippen molar-refractivity contribution in [2.45, 2.75) is 25.3 Å². The molecule has 15 heavy (non-hydrogen) atoms. The second-order valence-electron chi connectivity index (χ2n) is 4.44. The summed E-state index contributed by atoms with van der Waals surface area (Å²) in [6.07, 6.45) is 3.90. The Morgan fingerprint density at radius 1 is 1.27 bits per heavy atom. The maximum Gasteiger partial charge on any atom is 0.0366 e. The highest BCUT2D eigenvalue weighted by atomic mass is 15.1. The molecule has 0 bridgehead atoms. The summed E-state index contributed by atoms with van der Waals surface area (Å²) >= 11 is 0. The summed E-state index contributed by atoms with van der Waals surface area (Å²) in [5.41, 5.74) is 7.12. The highest BCUT2D eigenvalue weighted by Crippen LogP contribution is 2.31. The van der Waals surface area contributed by atoms with Gasteiger partial charge in [0.2, 0.25) is 0 Å². The van der Waals surface area contributed by atoms with E-state index in [0.717, 1.165) is 6.54 Å². The third kappa shape index (κ3) is 2.15. The van der Waals surface area contributed by atoms with E-state index < -0.39 is 0 Å². The van der Waals surface area contributed by atoms with Crippen LogP contribution in [-0.4, -0.2) is 19.6 Å². The molecule has 2 nitrogen and oxygen atoms in total. The van der Waals surface area contributed by atoms with Crippen molar-refractivity contribution in [3.63, 3.8) is 0 Å². The lowest BCUT2D eigenvalue weighted by Crippen LogP contribution is -2.37. The molecule has 1 aromatic rings. The predicted molar refractivity (Wildman–Crippen MR) is 65.0 cm³/mol. The normalized spacial score (nSPS) is 25.5. The fraction of sp³-hybridized carbons (Fsp3) is 0.538. The van der Waals surface area contributed by atoms with Gasteiger partial charge in [-0.2, -0.15) is 0 Å². The Morgan fingerprint density at radius 3 is 2.67 bits per heavy atom. The molecule has 0 saturated heterocycles. The van der Waals surface area contributed by atoms with Crippen LogP contribution in [0, 0.1) is 5.92 Å². The largest absolute Gasteiger partial charge is 0.371 e. The molecule has 1 fully saturated rings. The van der Waals surface area contributed by atoms with Crippen LogP contribution in [0.5, 0.6) is 0 Å². The van der Waals surface area contributed by atoms with Gasteiger partial charge in [-0.05, 0) is 37.4 Å². The van der Waals surface area contributed by atoms with Crippen LogP contribution in [0.4, 0.5) is 5.69 Å². The van der Waals surface area contributed by atoms with Gasteiger partial charge < -0.3 is 10.6 Å². The Kier molecular flexibility index (Phi) is 3.27. The summed E-state index contributed by atoms with van der Waals surface area (Å²) in [4.78, 5) is 2.39. The van der Waals surface area contributed by atoms with Gasteiger partial charge >= 0.3 is 0 Å². The summed E-state index contributed by atoms with van der Waals surface area (Å²) in [7, 11) is 2.19. The molecule has 0 spiro atoms. The van der Waals surface area contributed by atoms with Gasteiger partial charge in [0.1, 0.15) is 0 Å². The third-order valence-electron chi connectivity index (χ3n) is 3.58. The van der Waals surface area contributed by atoms with Crippen LogP contribution in [0.15, 0.2) is 30.3 Å². The van der Waals surface area contributed by atoms with E-state index in [1.165, 1.54) is 24.9 Å². The van der Waals surface area contributed by atoms with E-state index in [1.54, 1.807) is 0 Å². The molecule has 82 valence electrons. The zero-order valence-corrected chi connectivity index (χ0v) is 9.39. The Hall–Kier alpha value is -1.02. The Morgan fingerprint density at radius 2 is 2.00 bits per heavy atom. The summed E-state index contributed by atoms with van der Waals surface area (Å²) in [6.45, 7) is 0.821. The number of anilines is 1. The van der Waals surface area contributed by atoms with Crippen molar-refractivity contribution in [2.24, 2.45) is 11.7 Å². The molecular weight excluding hydrogens is 184 g/mol. The van der Waals surface area contributed by atoms with Gasteiger partial charge in [0, 0.05) is 18.8 Å². The van der Waals surface area contributed by atoms with Crippen LogP contribution in [0.2, 0.25) is 0 Å². The van der Waals surface area contributed by atoms with Crippen LogP contribution in [-0.2, 0) is 0 Å². The summed E-state index contributed by atoms with van der Waals surface area (Å²) < 4.78 is 0. The number of benzene rings is 1. The fourth-order valence-electron chi connectivity index (χ4n) is 2.66. The smallest absolute Gasteiger partial charge is 0.0366 e. The van der Waals surface area contributed by atoms with Gasteiger partial charge in [0.05, 0.1) is 0 Å². The van der Waals surface area contributed by atoms with E-state index in [4.69, 9.17) is 5.73 Å². The first kappa shape index (κ1) is 10.5. The van der Waals surface area contributed by atoms with E-state index in [1.807, 2.05) is 0 Å². The predicted octanol–water partition coefficient (Wildman–Crippen LogP) is 2.25. The van der Waals surface area contributed by atoms with Crippen molar-refractivity contribution in [3.8, 4) is 0 Å². The molecule has 2 unspecified atom stereocenters. The lowest BCUT2D eigenvalue weighted by Gasteiger charge is -2.31. The van der Waals surface area contributed by atoms with Crippen molar-refractivity contribution in [3.05, 3.63) is 30.3 Å². The first-order valence-corrected chi connectivity index (χ1v) is 5.81. The van der Waals surface area contributed by atoms with Crippen LogP contribution >= 0.6 is 0 Å². The van der Waals surface area contributed by atoms with E-state index in [-0.39, 0.29) is 0 Å². The fourth-order valence-corrected chi connectivity index (χ4v) is 2.66. The van der Waals surface area contributed by atoms with E-state index in [2.05, 4.69) is 42.3 Å². The highest BCUT2D eigenvalue weighted by molar-refractivity contribution is 5.46. The van der Waals surface area contributed by atoms with Crippen LogP contribution in [0.3, 0.4) is 0 Å². The Labute approximate surface area is 92.1 Å². The average molecular weight is 204 g/mol. The second-order valence-corrected chi connectivity index (χ2v) is 4.44. The molecule has 1 aromatic carbocycles. The summed E-state index contributed by atoms with van der Waals surface area (Å²) in [5, 5.41) is 0. The lowest BCUT2D eigenvalue weighted by molar-refractivity contribution is 0.474. The van der Waals surface area contributed by atoms with E-state index in [0.29, 0.717) is 12.0 Å². The molecule has 0 aromatic heterocycles. The minimum Gasteiger partial charge on any atom is -0.371 e.